The van der Waals surface area contributed by atoms with Gasteiger partial charge in [-0.05, 0) is 38.1 Å². The molecule has 0 aliphatic heterocycles. The number of aromatic nitrogens is 4. The molecule has 0 fully saturated rings. The van der Waals surface area contributed by atoms with E-state index in [1.165, 1.54) is 17.1 Å². The number of hydrogen-bond acceptors (Lipinski definition) is 5. The highest BCUT2D eigenvalue weighted by Gasteiger charge is 2.18. The van der Waals surface area contributed by atoms with Crippen LogP contribution in [0.2, 0.25) is 0 Å². The molecule has 0 spiro atoms. The average Bonchev–Trinajstić information content (AvgIpc) is 3.37. The monoisotopic (exact) mass is 396 g/mol. The summed E-state index contributed by atoms with van der Waals surface area (Å²) >= 11 is 0. The third kappa shape index (κ3) is 4.49. The maximum absolute atomic E-state index is 12.5. The van der Waals surface area contributed by atoms with E-state index in [1.54, 1.807) is 48.1 Å². The van der Waals surface area contributed by atoms with Gasteiger partial charge in [-0.1, -0.05) is 6.07 Å². The average molecular weight is 396 g/mol. The second-order valence-electron chi connectivity index (χ2n) is 6.25. The number of carboxylic acid groups (broad SMARTS) is 1. The quantitative estimate of drug-likeness (QED) is 0.561. The highest BCUT2D eigenvalue weighted by molar-refractivity contribution is 6.03. The van der Waals surface area contributed by atoms with E-state index in [1.807, 2.05) is 6.92 Å². The smallest absolute Gasteiger partial charge is 0.338 e. The number of nitrogens with zero attached hydrogens (tertiary/aromatic N) is 4. The van der Waals surface area contributed by atoms with Crippen LogP contribution in [0.15, 0.2) is 48.9 Å². The van der Waals surface area contributed by atoms with Crippen molar-refractivity contribution in [3.8, 4) is 0 Å². The van der Waals surface area contributed by atoms with Crippen LogP contribution in [0.4, 0.5) is 11.4 Å². The molecule has 1 atom stereocenters. The molecule has 0 aliphatic carbocycles. The van der Waals surface area contributed by atoms with Crippen LogP contribution in [0.3, 0.4) is 0 Å². The van der Waals surface area contributed by atoms with Gasteiger partial charge >= 0.3 is 5.97 Å². The molecule has 2 heterocycles. The molecule has 1 aromatic carbocycles. The molecule has 3 rings (SSSR count). The van der Waals surface area contributed by atoms with Crippen LogP contribution in [0.25, 0.3) is 0 Å². The molecule has 1 unspecified atom stereocenters. The van der Waals surface area contributed by atoms with Crippen LogP contribution in [0.5, 0.6) is 0 Å². The predicted molar refractivity (Wildman–Crippen MR) is 105 cm³/mol. The van der Waals surface area contributed by atoms with Gasteiger partial charge in [0.15, 0.2) is 0 Å². The molecular weight excluding hydrogens is 376 g/mol. The molecule has 10 nitrogen and oxygen atoms in total. The van der Waals surface area contributed by atoms with Crippen molar-refractivity contribution in [2.75, 3.05) is 10.6 Å². The van der Waals surface area contributed by atoms with Gasteiger partial charge < -0.3 is 15.7 Å². The molecule has 3 N–H and O–H groups in total. The minimum atomic E-state index is -1.11. The van der Waals surface area contributed by atoms with Crippen LogP contribution in [0.1, 0.15) is 40.7 Å². The number of anilines is 2. The zero-order valence-electron chi connectivity index (χ0n) is 15.9. The molecule has 29 heavy (non-hydrogen) atoms. The van der Waals surface area contributed by atoms with Crippen molar-refractivity contribution in [2.45, 2.75) is 26.4 Å². The molecule has 0 bridgehead atoms. The SMILES string of the molecule is CCn1nccc1C(=O)Nc1cccc(NC(=O)C(C)n2cc(C(=O)O)cn2)c1. The summed E-state index contributed by atoms with van der Waals surface area (Å²) in [5.41, 5.74) is 1.43. The fourth-order valence-corrected chi connectivity index (χ4v) is 2.67. The molecule has 0 saturated heterocycles. The highest BCUT2D eigenvalue weighted by Crippen LogP contribution is 2.18. The maximum Gasteiger partial charge on any atom is 0.338 e. The Labute approximate surface area is 166 Å². The summed E-state index contributed by atoms with van der Waals surface area (Å²) in [4.78, 5) is 35.9. The first-order valence-electron chi connectivity index (χ1n) is 8.90. The van der Waals surface area contributed by atoms with E-state index in [9.17, 15) is 14.4 Å². The summed E-state index contributed by atoms with van der Waals surface area (Å²) < 4.78 is 2.86. The summed E-state index contributed by atoms with van der Waals surface area (Å²) in [6.07, 6.45) is 4.03. The minimum Gasteiger partial charge on any atom is -0.478 e. The normalized spacial score (nSPS) is 11.7. The summed E-state index contributed by atoms with van der Waals surface area (Å²) in [7, 11) is 0. The van der Waals surface area contributed by atoms with Crippen molar-refractivity contribution < 1.29 is 19.5 Å². The van der Waals surface area contributed by atoms with Crippen LogP contribution in [-0.2, 0) is 11.3 Å². The lowest BCUT2D eigenvalue weighted by Gasteiger charge is -2.13. The number of nitrogens with one attached hydrogen (secondary N) is 2. The number of rotatable bonds is 7. The van der Waals surface area contributed by atoms with Crippen molar-refractivity contribution in [1.82, 2.24) is 19.6 Å². The fraction of sp³-hybridized carbons (Fsp3) is 0.211. The first kappa shape index (κ1) is 19.8. The molecule has 0 aliphatic rings. The summed E-state index contributed by atoms with van der Waals surface area (Å²) in [6.45, 7) is 4.06. The second kappa shape index (κ2) is 8.38. The number of aromatic carboxylic acids is 1. The number of carboxylic acids is 1. The third-order valence-electron chi connectivity index (χ3n) is 4.26. The lowest BCUT2D eigenvalue weighted by molar-refractivity contribution is -0.119. The van der Waals surface area contributed by atoms with Crippen LogP contribution < -0.4 is 10.6 Å². The summed E-state index contributed by atoms with van der Waals surface area (Å²) in [5.74, 6) is -1.80. The number of aryl methyl sites for hydroxylation is 1. The van der Waals surface area contributed by atoms with Gasteiger partial charge in [0.25, 0.3) is 5.91 Å². The summed E-state index contributed by atoms with van der Waals surface area (Å²) in [5, 5.41) is 22.5. The van der Waals surface area contributed by atoms with E-state index in [4.69, 9.17) is 5.11 Å². The number of benzene rings is 1. The van der Waals surface area contributed by atoms with Gasteiger partial charge in [0.2, 0.25) is 5.91 Å². The number of hydrogen-bond donors (Lipinski definition) is 3. The van der Waals surface area contributed by atoms with E-state index in [-0.39, 0.29) is 17.4 Å². The fourth-order valence-electron chi connectivity index (χ4n) is 2.67. The number of carbonyl (C=O) groups is 3. The minimum absolute atomic E-state index is 0.000630. The van der Waals surface area contributed by atoms with E-state index in [2.05, 4.69) is 20.8 Å². The standard InChI is InChI=1S/C19H20N6O4/c1-3-24-16(7-8-20-24)18(27)23-15-6-4-5-14(9-15)22-17(26)12(2)25-11-13(10-21-25)19(28)29/h4-12H,3H2,1-2H3,(H,22,26)(H,23,27)(H,28,29). The first-order chi connectivity index (χ1) is 13.9. The molecule has 150 valence electrons. The second-order valence-corrected chi connectivity index (χ2v) is 6.25. The Balaban J connectivity index is 1.68. The van der Waals surface area contributed by atoms with Crippen LogP contribution >= 0.6 is 0 Å². The lowest BCUT2D eigenvalue weighted by atomic mass is 10.2. The molecule has 3 aromatic rings. The molecule has 0 saturated carbocycles. The molecule has 10 heteroatoms. The largest absolute Gasteiger partial charge is 0.478 e. The zero-order valence-corrected chi connectivity index (χ0v) is 15.9. The maximum atomic E-state index is 12.5. The third-order valence-corrected chi connectivity index (χ3v) is 4.26. The van der Waals surface area contributed by atoms with Gasteiger partial charge in [-0.2, -0.15) is 10.2 Å². The van der Waals surface area contributed by atoms with Gasteiger partial charge in [0.1, 0.15) is 11.7 Å². The Morgan fingerprint density at radius 3 is 2.52 bits per heavy atom. The van der Waals surface area contributed by atoms with E-state index >= 15 is 0 Å². The van der Waals surface area contributed by atoms with Gasteiger partial charge in [-0.3, -0.25) is 19.0 Å². The van der Waals surface area contributed by atoms with E-state index < -0.39 is 12.0 Å². The van der Waals surface area contributed by atoms with Crippen LogP contribution in [0, 0.1) is 0 Å². The van der Waals surface area contributed by atoms with E-state index in [0.717, 1.165) is 0 Å². The van der Waals surface area contributed by atoms with Crippen molar-refractivity contribution in [2.24, 2.45) is 0 Å². The van der Waals surface area contributed by atoms with Gasteiger partial charge in [-0.15, -0.1) is 0 Å². The number of carbonyl (C=O) groups excluding carboxylic acids is 2. The highest BCUT2D eigenvalue weighted by atomic mass is 16.4. The lowest BCUT2D eigenvalue weighted by Crippen LogP contribution is -2.24. The molecule has 2 aromatic heterocycles. The van der Waals surface area contributed by atoms with Crippen molar-refractivity contribution in [3.63, 3.8) is 0 Å². The number of amides is 2. The Bertz CT molecular complexity index is 1050. The van der Waals surface area contributed by atoms with Crippen LogP contribution in [-0.4, -0.2) is 42.5 Å². The van der Waals surface area contributed by atoms with Crippen molar-refractivity contribution in [1.29, 1.82) is 0 Å². The van der Waals surface area contributed by atoms with Gasteiger partial charge in [0, 0.05) is 30.3 Å². The van der Waals surface area contributed by atoms with Crippen molar-refractivity contribution in [3.05, 3.63) is 60.2 Å². The van der Waals surface area contributed by atoms with E-state index in [0.29, 0.717) is 23.6 Å². The molecule has 2 amide bonds. The van der Waals surface area contributed by atoms with Gasteiger partial charge in [0.05, 0.1) is 11.8 Å². The summed E-state index contributed by atoms with van der Waals surface area (Å²) in [6, 6.07) is 7.62. The Morgan fingerprint density at radius 1 is 1.14 bits per heavy atom. The zero-order chi connectivity index (χ0) is 21.0. The Kier molecular flexibility index (Phi) is 5.72. The first-order valence-corrected chi connectivity index (χ1v) is 8.90. The Hall–Kier alpha value is -3.95. The molecular formula is C19H20N6O4. The van der Waals surface area contributed by atoms with Crippen molar-refractivity contribution >= 4 is 29.2 Å². The Morgan fingerprint density at radius 2 is 1.86 bits per heavy atom. The predicted octanol–water partition coefficient (Wildman–Crippen LogP) is 2.25. The molecule has 0 radical (unpaired) electrons. The van der Waals surface area contributed by atoms with Gasteiger partial charge in [-0.25, -0.2) is 4.79 Å². The topological polar surface area (TPSA) is 131 Å².